The van der Waals surface area contributed by atoms with Crippen molar-refractivity contribution in [1.29, 1.82) is 0 Å². The molecule has 0 amide bonds. The highest BCUT2D eigenvalue weighted by Crippen LogP contribution is 2.23. The fraction of sp³-hybridized carbons (Fsp3) is 0.846. The van der Waals surface area contributed by atoms with E-state index in [1.165, 1.54) is 19.3 Å². The quantitative estimate of drug-likeness (QED) is 0.662. The molecule has 1 rings (SSSR count). The zero-order valence-corrected chi connectivity index (χ0v) is 9.91. The normalized spacial score (nSPS) is 28.7. The maximum absolute atomic E-state index is 9.39. The highest BCUT2D eigenvalue weighted by molar-refractivity contribution is 4.76. The Morgan fingerprint density at radius 2 is 2.07 bits per heavy atom. The topological polar surface area (TPSA) is 32.3 Å². The van der Waals surface area contributed by atoms with Gasteiger partial charge in [-0.25, -0.2) is 0 Å². The van der Waals surface area contributed by atoms with Crippen LogP contribution in [0.5, 0.6) is 0 Å². The predicted octanol–water partition coefficient (Wildman–Crippen LogP) is 2.48. The maximum Gasteiger partial charge on any atom is 0.0540 e. The first-order valence-corrected chi connectivity index (χ1v) is 6.24. The summed E-state index contributed by atoms with van der Waals surface area (Å²) in [4.78, 5) is 0. The van der Waals surface area contributed by atoms with Gasteiger partial charge >= 0.3 is 0 Å². The number of nitrogens with one attached hydrogen (secondary N) is 1. The van der Waals surface area contributed by atoms with Crippen LogP contribution in [0.15, 0.2) is 12.7 Å². The first-order valence-electron chi connectivity index (χ1n) is 6.24. The second kappa shape index (κ2) is 7.02. The van der Waals surface area contributed by atoms with Gasteiger partial charge in [-0.1, -0.05) is 6.08 Å². The van der Waals surface area contributed by atoms with Crippen molar-refractivity contribution >= 4 is 0 Å². The largest absolute Gasteiger partial charge is 0.393 e. The summed E-state index contributed by atoms with van der Waals surface area (Å²) >= 11 is 0. The Hall–Kier alpha value is -0.340. The van der Waals surface area contributed by atoms with Crippen LogP contribution in [0.4, 0.5) is 0 Å². The summed E-state index contributed by atoms with van der Waals surface area (Å²) in [6.07, 6.45) is 8.58. The summed E-state index contributed by atoms with van der Waals surface area (Å²) in [6.45, 7) is 7.09. The molecule has 1 aliphatic rings. The fourth-order valence-electron chi connectivity index (χ4n) is 2.19. The van der Waals surface area contributed by atoms with Crippen LogP contribution in [0.25, 0.3) is 0 Å². The third kappa shape index (κ3) is 5.33. The lowest BCUT2D eigenvalue weighted by atomic mass is 9.87. The Morgan fingerprint density at radius 1 is 1.40 bits per heavy atom. The van der Waals surface area contributed by atoms with Crippen molar-refractivity contribution in [2.45, 2.75) is 57.6 Å². The minimum atomic E-state index is -0.0283. The number of hydrogen-bond donors (Lipinski definition) is 2. The third-order valence-electron chi connectivity index (χ3n) is 3.38. The number of aliphatic hydroxyl groups is 1. The lowest BCUT2D eigenvalue weighted by Crippen LogP contribution is -2.33. The van der Waals surface area contributed by atoms with Gasteiger partial charge in [-0.05, 0) is 57.9 Å². The van der Waals surface area contributed by atoms with E-state index < -0.39 is 0 Å². The molecule has 2 N–H and O–H groups in total. The van der Waals surface area contributed by atoms with E-state index in [9.17, 15) is 5.11 Å². The van der Waals surface area contributed by atoms with Gasteiger partial charge < -0.3 is 10.4 Å². The van der Waals surface area contributed by atoms with E-state index in [1.54, 1.807) is 0 Å². The van der Waals surface area contributed by atoms with E-state index in [0.29, 0.717) is 6.04 Å². The van der Waals surface area contributed by atoms with Crippen LogP contribution in [0.3, 0.4) is 0 Å². The molecule has 0 aromatic rings. The van der Waals surface area contributed by atoms with Gasteiger partial charge in [0.25, 0.3) is 0 Å². The smallest absolute Gasteiger partial charge is 0.0540 e. The third-order valence-corrected chi connectivity index (χ3v) is 3.38. The average Bonchev–Trinajstić information content (AvgIpc) is 2.25. The molecular weight excluding hydrogens is 186 g/mol. The molecule has 88 valence electrons. The van der Waals surface area contributed by atoms with Gasteiger partial charge in [0.15, 0.2) is 0 Å². The van der Waals surface area contributed by atoms with Gasteiger partial charge in [-0.15, -0.1) is 6.58 Å². The molecule has 0 aromatic carbocycles. The van der Waals surface area contributed by atoms with Crippen molar-refractivity contribution in [1.82, 2.24) is 5.32 Å². The van der Waals surface area contributed by atoms with Crippen molar-refractivity contribution < 1.29 is 5.11 Å². The first kappa shape index (κ1) is 12.7. The summed E-state index contributed by atoms with van der Waals surface area (Å²) < 4.78 is 0. The first-order chi connectivity index (χ1) is 7.22. The van der Waals surface area contributed by atoms with E-state index >= 15 is 0 Å². The van der Waals surface area contributed by atoms with Gasteiger partial charge in [0.1, 0.15) is 0 Å². The van der Waals surface area contributed by atoms with E-state index in [1.807, 2.05) is 6.08 Å². The van der Waals surface area contributed by atoms with Crippen molar-refractivity contribution in [3.05, 3.63) is 12.7 Å². The highest BCUT2D eigenvalue weighted by atomic mass is 16.3. The minimum absolute atomic E-state index is 0.0283. The number of allylic oxidation sites excluding steroid dienone is 1. The molecule has 2 heteroatoms. The lowest BCUT2D eigenvalue weighted by molar-refractivity contribution is 0.107. The maximum atomic E-state index is 9.39. The lowest BCUT2D eigenvalue weighted by Gasteiger charge is -2.26. The van der Waals surface area contributed by atoms with E-state index in [-0.39, 0.29) is 6.10 Å². The SMILES string of the molecule is C=CCCC(C)NCC1CCC(O)CC1. The molecule has 0 spiro atoms. The summed E-state index contributed by atoms with van der Waals surface area (Å²) in [7, 11) is 0. The standard InChI is InChI=1S/C13H25NO/c1-3-4-5-11(2)14-10-12-6-8-13(15)9-7-12/h3,11-15H,1,4-10H2,2H3. The number of aliphatic hydroxyl groups excluding tert-OH is 1. The second-order valence-electron chi connectivity index (χ2n) is 4.85. The van der Waals surface area contributed by atoms with Gasteiger partial charge in [-0.2, -0.15) is 0 Å². The minimum Gasteiger partial charge on any atom is -0.393 e. The van der Waals surface area contributed by atoms with Gasteiger partial charge in [0.05, 0.1) is 6.10 Å². The zero-order valence-electron chi connectivity index (χ0n) is 9.91. The van der Waals surface area contributed by atoms with Crippen molar-refractivity contribution in [3.8, 4) is 0 Å². The van der Waals surface area contributed by atoms with Crippen LogP contribution in [0.2, 0.25) is 0 Å². The van der Waals surface area contributed by atoms with Crippen LogP contribution in [-0.2, 0) is 0 Å². The van der Waals surface area contributed by atoms with E-state index in [2.05, 4.69) is 18.8 Å². The van der Waals surface area contributed by atoms with E-state index in [4.69, 9.17) is 0 Å². The van der Waals surface area contributed by atoms with Crippen LogP contribution in [0.1, 0.15) is 45.4 Å². The molecule has 1 atom stereocenters. The molecule has 0 aliphatic heterocycles. The fourth-order valence-corrected chi connectivity index (χ4v) is 2.19. The zero-order chi connectivity index (χ0) is 11.1. The van der Waals surface area contributed by atoms with E-state index in [0.717, 1.165) is 31.7 Å². The van der Waals surface area contributed by atoms with Crippen molar-refractivity contribution in [3.63, 3.8) is 0 Å². The molecule has 15 heavy (non-hydrogen) atoms. The highest BCUT2D eigenvalue weighted by Gasteiger charge is 2.19. The van der Waals surface area contributed by atoms with Crippen LogP contribution >= 0.6 is 0 Å². The Balaban J connectivity index is 2.06. The van der Waals surface area contributed by atoms with Gasteiger partial charge in [-0.3, -0.25) is 0 Å². The Kier molecular flexibility index (Phi) is 5.96. The number of hydrogen-bond acceptors (Lipinski definition) is 2. The monoisotopic (exact) mass is 211 g/mol. The summed E-state index contributed by atoms with van der Waals surface area (Å²) in [6, 6.07) is 0.592. The molecule has 1 fully saturated rings. The molecule has 0 heterocycles. The molecule has 2 nitrogen and oxygen atoms in total. The average molecular weight is 211 g/mol. The molecule has 0 radical (unpaired) electrons. The van der Waals surface area contributed by atoms with Crippen molar-refractivity contribution in [2.24, 2.45) is 5.92 Å². The summed E-state index contributed by atoms with van der Waals surface area (Å²) in [5.41, 5.74) is 0. The molecular formula is C13H25NO. The molecule has 0 saturated heterocycles. The van der Waals surface area contributed by atoms with Crippen LogP contribution in [0, 0.1) is 5.92 Å². The van der Waals surface area contributed by atoms with Crippen LogP contribution in [-0.4, -0.2) is 23.8 Å². The molecule has 0 bridgehead atoms. The van der Waals surface area contributed by atoms with Gasteiger partial charge in [0, 0.05) is 6.04 Å². The van der Waals surface area contributed by atoms with Crippen molar-refractivity contribution in [2.75, 3.05) is 6.54 Å². The Morgan fingerprint density at radius 3 is 2.67 bits per heavy atom. The summed E-state index contributed by atoms with van der Waals surface area (Å²) in [5, 5.41) is 13.0. The van der Waals surface area contributed by atoms with Gasteiger partial charge in [0.2, 0.25) is 0 Å². The Labute approximate surface area is 93.8 Å². The van der Waals surface area contributed by atoms with Crippen LogP contribution < -0.4 is 5.32 Å². The number of rotatable bonds is 6. The second-order valence-corrected chi connectivity index (χ2v) is 4.85. The molecule has 1 aliphatic carbocycles. The summed E-state index contributed by atoms with van der Waals surface area (Å²) in [5.74, 6) is 0.777. The Bertz CT molecular complexity index is 173. The molecule has 1 unspecified atom stereocenters. The molecule has 1 saturated carbocycles. The predicted molar refractivity (Wildman–Crippen MR) is 64.9 cm³/mol. The molecule has 0 aromatic heterocycles.